The van der Waals surface area contributed by atoms with E-state index in [-0.39, 0.29) is 12.8 Å². The van der Waals surface area contributed by atoms with Crippen LogP contribution in [0.25, 0.3) is 0 Å². The lowest BCUT2D eigenvalue weighted by Crippen LogP contribution is -2.62. The molecule has 65 heavy (non-hydrogen) atoms. The second-order valence-electron chi connectivity index (χ2n) is 17.2. The van der Waals surface area contributed by atoms with Gasteiger partial charge in [0.25, 0.3) is 0 Å². The van der Waals surface area contributed by atoms with Crippen molar-refractivity contribution >= 4 is 11.9 Å². The average molecular weight is 919 g/mol. The van der Waals surface area contributed by atoms with Crippen LogP contribution in [0.4, 0.5) is 0 Å². The van der Waals surface area contributed by atoms with Crippen molar-refractivity contribution in [3.8, 4) is 0 Å². The van der Waals surface area contributed by atoms with E-state index in [2.05, 4.69) is 86.8 Å². The first-order chi connectivity index (χ1) is 31.6. The number of esters is 2. The number of aliphatic hydroxyl groups excluding tert-OH is 6. The predicted octanol–water partition coefficient (Wildman–Crippen LogP) is 8.45. The second-order valence-corrected chi connectivity index (χ2v) is 17.2. The maximum atomic E-state index is 12.5. The molecule has 2 saturated heterocycles. The molecular formula is C52H86O13. The molecular weight excluding hydrogens is 833 g/mol. The van der Waals surface area contributed by atoms with Gasteiger partial charge < -0.3 is 54.3 Å². The van der Waals surface area contributed by atoms with E-state index in [0.29, 0.717) is 12.8 Å². The summed E-state index contributed by atoms with van der Waals surface area (Å²) in [6, 6.07) is 0. The molecule has 13 nitrogen and oxygen atoms in total. The molecule has 2 heterocycles. The zero-order valence-corrected chi connectivity index (χ0v) is 39.7. The van der Waals surface area contributed by atoms with Crippen molar-refractivity contribution in [2.45, 2.75) is 223 Å². The van der Waals surface area contributed by atoms with Crippen LogP contribution < -0.4 is 0 Å². The molecule has 2 rings (SSSR count). The van der Waals surface area contributed by atoms with Crippen molar-refractivity contribution < 1.29 is 63.9 Å². The monoisotopic (exact) mass is 919 g/mol. The molecule has 0 amide bonds. The van der Waals surface area contributed by atoms with E-state index in [9.17, 15) is 40.2 Å². The third-order valence-corrected chi connectivity index (χ3v) is 11.6. The van der Waals surface area contributed by atoms with Crippen molar-refractivity contribution in [3.63, 3.8) is 0 Å². The molecule has 2 fully saturated rings. The fraction of sp³-hybridized carbons (Fsp3) is 0.731. The highest BCUT2D eigenvalue weighted by molar-refractivity contribution is 5.69. The quantitative estimate of drug-likeness (QED) is 0.0197. The fourth-order valence-electron chi connectivity index (χ4n) is 7.42. The zero-order chi connectivity index (χ0) is 47.4. The van der Waals surface area contributed by atoms with Gasteiger partial charge in [0, 0.05) is 12.8 Å². The molecule has 372 valence electrons. The number of hydrogen-bond acceptors (Lipinski definition) is 13. The van der Waals surface area contributed by atoms with Gasteiger partial charge in [0.2, 0.25) is 5.79 Å². The first-order valence-electron chi connectivity index (χ1n) is 24.8. The van der Waals surface area contributed by atoms with Gasteiger partial charge in [0.15, 0.2) is 6.29 Å². The molecule has 0 spiro atoms. The highest BCUT2D eigenvalue weighted by Crippen LogP contribution is 2.36. The van der Waals surface area contributed by atoms with Crippen LogP contribution in [0.5, 0.6) is 0 Å². The smallest absolute Gasteiger partial charge is 0.305 e. The Morgan fingerprint density at radius 3 is 1.34 bits per heavy atom. The van der Waals surface area contributed by atoms with Crippen LogP contribution in [0.15, 0.2) is 72.9 Å². The SMILES string of the molecule is CCCC/C=C/C/C=C/C/C=C/CCCCCCCC(=O)OC[C@H]1O[C@@](CO)(O[C@H]2O[C@H](COC(=O)CCCCCCC/C=C/C/C=C/C/C=C/CCCC)[C@@H](O)[C@H](O)[C@H]2O)[C@@H](O)[C@@H]1O. The molecule has 6 N–H and O–H groups in total. The van der Waals surface area contributed by atoms with E-state index in [1.165, 1.54) is 25.7 Å². The Hall–Kier alpha value is -2.98. The van der Waals surface area contributed by atoms with Gasteiger partial charge in [-0.1, -0.05) is 151 Å². The van der Waals surface area contributed by atoms with Crippen molar-refractivity contribution in [3.05, 3.63) is 72.9 Å². The van der Waals surface area contributed by atoms with Crippen LogP contribution in [0.1, 0.15) is 168 Å². The molecule has 2 aliphatic rings. The summed E-state index contributed by atoms with van der Waals surface area (Å²) in [6.07, 6.45) is 35.7. The van der Waals surface area contributed by atoms with E-state index < -0.39 is 86.6 Å². The summed E-state index contributed by atoms with van der Waals surface area (Å²) in [4.78, 5) is 25.0. The Kier molecular flexibility index (Phi) is 33.1. The number of carbonyl (C=O) groups is 2. The van der Waals surface area contributed by atoms with Gasteiger partial charge in [-0.3, -0.25) is 9.59 Å². The van der Waals surface area contributed by atoms with Gasteiger partial charge in [-0.25, -0.2) is 0 Å². The van der Waals surface area contributed by atoms with Crippen LogP contribution in [-0.2, 0) is 33.3 Å². The number of hydrogen-bond donors (Lipinski definition) is 6. The summed E-state index contributed by atoms with van der Waals surface area (Å²) in [5.74, 6) is -3.38. The van der Waals surface area contributed by atoms with Crippen molar-refractivity contribution in [2.24, 2.45) is 0 Å². The van der Waals surface area contributed by atoms with E-state index in [0.717, 1.165) is 103 Å². The Balaban J connectivity index is 1.64. The van der Waals surface area contributed by atoms with Crippen LogP contribution in [-0.4, -0.2) is 117 Å². The molecule has 0 bridgehead atoms. The van der Waals surface area contributed by atoms with Gasteiger partial charge in [0.05, 0.1) is 0 Å². The predicted molar refractivity (Wildman–Crippen MR) is 253 cm³/mol. The minimum absolute atomic E-state index is 0.153. The molecule has 0 saturated carbocycles. The highest BCUT2D eigenvalue weighted by atomic mass is 16.8. The van der Waals surface area contributed by atoms with Crippen molar-refractivity contribution in [1.82, 2.24) is 0 Å². The summed E-state index contributed by atoms with van der Waals surface area (Å²) in [5.41, 5.74) is 0. The average Bonchev–Trinajstić information content (AvgIpc) is 3.54. The fourth-order valence-corrected chi connectivity index (χ4v) is 7.42. The van der Waals surface area contributed by atoms with Crippen LogP contribution in [0.3, 0.4) is 0 Å². The first kappa shape index (κ1) is 58.1. The topological polar surface area (TPSA) is 202 Å². The molecule has 13 heteroatoms. The van der Waals surface area contributed by atoms with Gasteiger partial charge >= 0.3 is 11.9 Å². The Morgan fingerprint density at radius 2 is 0.892 bits per heavy atom. The van der Waals surface area contributed by atoms with E-state index in [1.807, 2.05) is 0 Å². The lowest BCUT2D eigenvalue weighted by Gasteiger charge is -2.43. The third-order valence-electron chi connectivity index (χ3n) is 11.6. The summed E-state index contributed by atoms with van der Waals surface area (Å²) in [7, 11) is 0. The van der Waals surface area contributed by atoms with Gasteiger partial charge in [-0.2, -0.15) is 0 Å². The summed E-state index contributed by atoms with van der Waals surface area (Å²) < 4.78 is 27.7. The zero-order valence-electron chi connectivity index (χ0n) is 39.7. The summed E-state index contributed by atoms with van der Waals surface area (Å²) in [6.45, 7) is 2.47. The van der Waals surface area contributed by atoms with E-state index >= 15 is 0 Å². The molecule has 0 aromatic rings. The Labute approximate surface area is 390 Å². The Morgan fingerprint density at radius 1 is 0.492 bits per heavy atom. The normalized spacial score (nSPS) is 26.3. The number of unbranched alkanes of at least 4 members (excludes halogenated alkanes) is 14. The molecule has 0 unspecified atom stereocenters. The van der Waals surface area contributed by atoms with E-state index in [1.54, 1.807) is 0 Å². The minimum atomic E-state index is -2.35. The van der Waals surface area contributed by atoms with Gasteiger partial charge in [-0.15, -0.1) is 0 Å². The second kappa shape index (κ2) is 37.1. The standard InChI is InChI=1S/C52H86O13/c1-3-5-7-9-11-13-15-17-19-21-23-25-27-29-31-33-35-37-44(54)61-39-42-46(56)48(58)49(59)51(63-42)65-52(41-53)50(60)47(57)43(64-52)40-62-45(55)38-36-34-32-30-28-26-24-22-20-18-16-14-12-10-8-6-4-2/h9-12,15-18,21-24,42-43,46-51,53,56-60H,3-8,13-14,19-20,25-41H2,1-2H3/b11-9+,12-10+,17-15+,18-16+,23-21+,24-22+/t42-,43-,46-,47-,48+,49-,50+,51-,52+/m1/s1. The molecule has 0 radical (unpaired) electrons. The number of rotatable bonds is 37. The first-order valence-corrected chi connectivity index (χ1v) is 24.8. The molecule has 0 aliphatic carbocycles. The lowest BCUT2D eigenvalue weighted by molar-refractivity contribution is -0.383. The lowest BCUT2D eigenvalue weighted by atomic mass is 9.99. The van der Waals surface area contributed by atoms with Crippen LogP contribution in [0, 0.1) is 0 Å². The largest absolute Gasteiger partial charge is 0.463 e. The molecule has 0 aromatic carbocycles. The maximum absolute atomic E-state index is 12.5. The molecule has 9 atom stereocenters. The highest BCUT2D eigenvalue weighted by Gasteiger charge is 2.59. The number of carbonyl (C=O) groups excluding carboxylic acids is 2. The van der Waals surface area contributed by atoms with E-state index in [4.69, 9.17) is 23.7 Å². The van der Waals surface area contributed by atoms with Crippen LogP contribution >= 0.6 is 0 Å². The minimum Gasteiger partial charge on any atom is -0.463 e. The van der Waals surface area contributed by atoms with Crippen LogP contribution in [0.2, 0.25) is 0 Å². The number of aliphatic hydroxyl groups is 6. The molecule has 2 aliphatic heterocycles. The maximum Gasteiger partial charge on any atom is 0.305 e. The van der Waals surface area contributed by atoms with Gasteiger partial charge in [-0.05, 0) is 77.0 Å². The Bertz CT molecular complexity index is 1410. The van der Waals surface area contributed by atoms with Crippen molar-refractivity contribution in [2.75, 3.05) is 19.8 Å². The van der Waals surface area contributed by atoms with Gasteiger partial charge in [0.1, 0.15) is 62.5 Å². The summed E-state index contributed by atoms with van der Waals surface area (Å²) >= 11 is 0. The summed E-state index contributed by atoms with van der Waals surface area (Å²) in [5, 5.41) is 63.8. The number of ether oxygens (including phenoxy) is 5. The van der Waals surface area contributed by atoms with Crippen molar-refractivity contribution in [1.29, 1.82) is 0 Å². The number of allylic oxidation sites excluding steroid dienone is 12. The third kappa shape index (κ3) is 25.1. The molecule has 0 aromatic heterocycles.